The molecular weight excluding hydrogens is 290 g/mol. The van der Waals surface area contributed by atoms with Crippen LogP contribution in [0.25, 0.3) is 0 Å². The lowest BCUT2D eigenvalue weighted by atomic mass is 10.2. The summed E-state index contributed by atoms with van der Waals surface area (Å²) in [5.41, 5.74) is 1.53. The zero-order chi connectivity index (χ0) is 16.5. The first kappa shape index (κ1) is 16.8. The molecular formula is C18H23N3O2. The van der Waals surface area contributed by atoms with Gasteiger partial charge in [-0.2, -0.15) is 0 Å². The number of ether oxygens (including phenoxy) is 1. The van der Waals surface area contributed by atoms with E-state index in [0.29, 0.717) is 11.4 Å². The molecule has 1 aromatic carbocycles. The van der Waals surface area contributed by atoms with Gasteiger partial charge in [0.05, 0.1) is 19.0 Å². The molecule has 5 nitrogen and oxygen atoms in total. The quantitative estimate of drug-likeness (QED) is 0.724. The van der Waals surface area contributed by atoms with Gasteiger partial charge in [0.15, 0.2) is 0 Å². The van der Waals surface area contributed by atoms with Crippen molar-refractivity contribution in [2.75, 3.05) is 24.3 Å². The van der Waals surface area contributed by atoms with Crippen molar-refractivity contribution in [3.05, 3.63) is 48.2 Å². The molecule has 2 aromatic rings. The standard InChI is InChI=1S/C18H23N3O2/c1-3-4-5-12-19-15-8-11-17(20-13-15)21-18(22)14-6-9-16(23-2)10-7-14/h6-11,13,19H,3-5,12H2,1-2H3,(H,20,21,22). The minimum atomic E-state index is -0.191. The Kier molecular flexibility index (Phi) is 6.41. The highest BCUT2D eigenvalue weighted by atomic mass is 16.5. The summed E-state index contributed by atoms with van der Waals surface area (Å²) in [6.07, 6.45) is 5.30. The molecule has 1 amide bonds. The number of hydrogen-bond donors (Lipinski definition) is 2. The van der Waals surface area contributed by atoms with Crippen LogP contribution in [0.1, 0.15) is 36.5 Å². The predicted molar refractivity (Wildman–Crippen MR) is 93.2 cm³/mol. The zero-order valence-corrected chi connectivity index (χ0v) is 13.6. The van der Waals surface area contributed by atoms with Crippen molar-refractivity contribution in [3.8, 4) is 5.75 Å². The maximum atomic E-state index is 12.1. The monoisotopic (exact) mass is 313 g/mol. The first-order valence-electron chi connectivity index (χ1n) is 7.88. The number of pyridine rings is 1. The van der Waals surface area contributed by atoms with E-state index in [1.807, 2.05) is 6.07 Å². The van der Waals surface area contributed by atoms with Gasteiger partial charge in [-0.1, -0.05) is 19.8 Å². The van der Waals surface area contributed by atoms with Gasteiger partial charge < -0.3 is 15.4 Å². The van der Waals surface area contributed by atoms with Crippen LogP contribution in [-0.2, 0) is 0 Å². The first-order valence-corrected chi connectivity index (χ1v) is 7.88. The largest absolute Gasteiger partial charge is 0.497 e. The molecule has 0 unspecified atom stereocenters. The topological polar surface area (TPSA) is 63.2 Å². The van der Waals surface area contributed by atoms with Gasteiger partial charge in [-0.05, 0) is 42.8 Å². The number of rotatable bonds is 8. The molecule has 0 saturated heterocycles. The van der Waals surface area contributed by atoms with Crippen molar-refractivity contribution >= 4 is 17.4 Å². The molecule has 0 aliphatic carbocycles. The highest BCUT2D eigenvalue weighted by molar-refractivity contribution is 6.03. The number of nitrogens with zero attached hydrogens (tertiary/aromatic N) is 1. The van der Waals surface area contributed by atoms with E-state index in [1.165, 1.54) is 12.8 Å². The van der Waals surface area contributed by atoms with Gasteiger partial charge in [-0.25, -0.2) is 4.98 Å². The lowest BCUT2D eigenvalue weighted by Gasteiger charge is -2.08. The molecule has 23 heavy (non-hydrogen) atoms. The SMILES string of the molecule is CCCCCNc1ccc(NC(=O)c2ccc(OC)cc2)nc1. The van der Waals surface area contributed by atoms with Gasteiger partial charge in [0, 0.05) is 12.1 Å². The highest BCUT2D eigenvalue weighted by Crippen LogP contribution is 2.14. The number of hydrogen-bond acceptors (Lipinski definition) is 4. The molecule has 1 aromatic heterocycles. The Labute approximate surface area is 137 Å². The third-order valence-corrected chi connectivity index (χ3v) is 3.47. The molecule has 122 valence electrons. The summed E-state index contributed by atoms with van der Waals surface area (Å²) >= 11 is 0. The number of amides is 1. The van der Waals surface area contributed by atoms with Crippen LogP contribution in [0.5, 0.6) is 5.75 Å². The van der Waals surface area contributed by atoms with E-state index in [0.717, 1.165) is 24.4 Å². The average Bonchev–Trinajstić information content (AvgIpc) is 2.60. The second kappa shape index (κ2) is 8.78. The van der Waals surface area contributed by atoms with Crippen molar-refractivity contribution in [3.63, 3.8) is 0 Å². The molecule has 0 fully saturated rings. The predicted octanol–water partition coefficient (Wildman–Crippen LogP) is 3.94. The van der Waals surface area contributed by atoms with Gasteiger partial charge in [-0.15, -0.1) is 0 Å². The molecule has 0 bridgehead atoms. The van der Waals surface area contributed by atoms with Crippen molar-refractivity contribution < 1.29 is 9.53 Å². The van der Waals surface area contributed by atoms with E-state index < -0.39 is 0 Å². The fourth-order valence-corrected chi connectivity index (χ4v) is 2.11. The number of unbranched alkanes of at least 4 members (excludes halogenated alkanes) is 2. The number of benzene rings is 1. The summed E-state index contributed by atoms with van der Waals surface area (Å²) in [5.74, 6) is 1.06. The summed E-state index contributed by atoms with van der Waals surface area (Å²) < 4.78 is 5.08. The maximum absolute atomic E-state index is 12.1. The number of nitrogens with one attached hydrogen (secondary N) is 2. The molecule has 0 aliphatic rings. The van der Waals surface area contributed by atoms with E-state index in [1.54, 1.807) is 43.6 Å². The van der Waals surface area contributed by atoms with E-state index >= 15 is 0 Å². The smallest absolute Gasteiger partial charge is 0.256 e. The molecule has 0 radical (unpaired) electrons. The lowest BCUT2D eigenvalue weighted by molar-refractivity contribution is 0.102. The first-order chi connectivity index (χ1) is 11.2. The molecule has 0 spiro atoms. The molecule has 0 aliphatic heterocycles. The minimum Gasteiger partial charge on any atom is -0.497 e. The third kappa shape index (κ3) is 5.29. The fraction of sp³-hybridized carbons (Fsp3) is 0.333. The van der Waals surface area contributed by atoms with Gasteiger partial charge >= 0.3 is 0 Å². The lowest BCUT2D eigenvalue weighted by Crippen LogP contribution is -2.13. The normalized spacial score (nSPS) is 10.2. The second-order valence-corrected chi connectivity index (χ2v) is 5.25. The second-order valence-electron chi connectivity index (χ2n) is 5.25. The van der Waals surface area contributed by atoms with Crippen LogP contribution < -0.4 is 15.4 Å². The van der Waals surface area contributed by atoms with Gasteiger partial charge in [0.1, 0.15) is 11.6 Å². The Morgan fingerprint density at radius 2 is 1.91 bits per heavy atom. The minimum absolute atomic E-state index is 0.191. The van der Waals surface area contributed by atoms with Crippen molar-refractivity contribution in [1.82, 2.24) is 4.98 Å². The van der Waals surface area contributed by atoms with E-state index in [4.69, 9.17) is 4.74 Å². The number of methoxy groups -OCH3 is 1. The Hall–Kier alpha value is -2.56. The number of carbonyl (C=O) groups excluding carboxylic acids is 1. The Bertz CT molecular complexity index is 609. The number of carbonyl (C=O) groups is 1. The van der Waals surface area contributed by atoms with Crippen molar-refractivity contribution in [2.45, 2.75) is 26.2 Å². The van der Waals surface area contributed by atoms with Gasteiger partial charge in [0.2, 0.25) is 0 Å². The molecule has 0 saturated carbocycles. The summed E-state index contributed by atoms with van der Waals surface area (Å²) in [6.45, 7) is 3.12. The Morgan fingerprint density at radius 3 is 2.52 bits per heavy atom. The van der Waals surface area contributed by atoms with Gasteiger partial charge in [-0.3, -0.25) is 4.79 Å². The van der Waals surface area contributed by atoms with Crippen LogP contribution in [-0.4, -0.2) is 24.5 Å². The van der Waals surface area contributed by atoms with Crippen LogP contribution in [0.15, 0.2) is 42.6 Å². The van der Waals surface area contributed by atoms with Gasteiger partial charge in [0.25, 0.3) is 5.91 Å². The van der Waals surface area contributed by atoms with Crippen LogP contribution in [0.3, 0.4) is 0 Å². The van der Waals surface area contributed by atoms with E-state index in [9.17, 15) is 4.79 Å². The van der Waals surface area contributed by atoms with Crippen LogP contribution >= 0.6 is 0 Å². The Balaban J connectivity index is 1.88. The van der Waals surface area contributed by atoms with Crippen molar-refractivity contribution in [1.29, 1.82) is 0 Å². The molecule has 5 heteroatoms. The third-order valence-electron chi connectivity index (χ3n) is 3.47. The Morgan fingerprint density at radius 1 is 1.13 bits per heavy atom. The zero-order valence-electron chi connectivity index (χ0n) is 13.6. The highest BCUT2D eigenvalue weighted by Gasteiger charge is 2.07. The van der Waals surface area contributed by atoms with Crippen LogP contribution in [0.2, 0.25) is 0 Å². The summed E-state index contributed by atoms with van der Waals surface area (Å²) in [4.78, 5) is 16.4. The maximum Gasteiger partial charge on any atom is 0.256 e. The van der Waals surface area contributed by atoms with E-state index in [2.05, 4.69) is 22.5 Å². The number of anilines is 2. The molecule has 2 N–H and O–H groups in total. The van der Waals surface area contributed by atoms with Crippen molar-refractivity contribution in [2.24, 2.45) is 0 Å². The molecule has 2 rings (SSSR count). The summed E-state index contributed by atoms with van der Waals surface area (Å²) in [6, 6.07) is 10.7. The fourth-order valence-electron chi connectivity index (χ4n) is 2.11. The molecule has 0 atom stereocenters. The average molecular weight is 313 g/mol. The number of aromatic nitrogens is 1. The van der Waals surface area contributed by atoms with E-state index in [-0.39, 0.29) is 5.91 Å². The van der Waals surface area contributed by atoms with Crippen LogP contribution in [0, 0.1) is 0 Å². The molecule has 1 heterocycles. The summed E-state index contributed by atoms with van der Waals surface area (Å²) in [7, 11) is 1.59. The van der Waals surface area contributed by atoms with Crippen LogP contribution in [0.4, 0.5) is 11.5 Å². The summed E-state index contributed by atoms with van der Waals surface area (Å²) in [5, 5.41) is 6.10.